The summed E-state index contributed by atoms with van der Waals surface area (Å²) in [5.74, 6) is 4.24. The first kappa shape index (κ1) is 10.0. The minimum absolute atomic E-state index is 0.341. The molecule has 1 aromatic rings. The van der Waals surface area contributed by atoms with Crippen LogP contribution in [0.25, 0.3) is 0 Å². The molecule has 8 heteroatoms. The fourth-order valence-corrected chi connectivity index (χ4v) is 0.838. The first-order valence-corrected chi connectivity index (χ1v) is 3.40. The van der Waals surface area contributed by atoms with Crippen molar-refractivity contribution in [3.05, 3.63) is 16.8 Å². The number of hydrogen-bond donors (Lipinski definition) is 2. The zero-order valence-electron chi connectivity index (χ0n) is 6.06. The van der Waals surface area contributed by atoms with Crippen LogP contribution in [-0.4, -0.2) is 10.2 Å². The summed E-state index contributed by atoms with van der Waals surface area (Å²) in [6.45, 7) is 0. The van der Waals surface area contributed by atoms with Crippen molar-refractivity contribution in [2.45, 2.75) is 6.18 Å². The molecule has 0 spiro atoms. The molecule has 1 rings (SSSR count). The summed E-state index contributed by atoms with van der Waals surface area (Å²) in [6.07, 6.45) is -4.55. The third-order valence-corrected chi connectivity index (χ3v) is 1.39. The van der Waals surface area contributed by atoms with Crippen LogP contribution >= 0.6 is 11.6 Å². The molecule has 4 nitrogen and oxygen atoms in total. The van der Waals surface area contributed by atoms with E-state index in [1.165, 1.54) is 0 Å². The monoisotopic (exact) mass is 212 g/mol. The van der Waals surface area contributed by atoms with Gasteiger partial charge in [-0.25, -0.2) is 5.84 Å². The number of rotatable bonds is 1. The molecule has 0 bridgehead atoms. The lowest BCUT2D eigenvalue weighted by atomic mass is 10.3. The van der Waals surface area contributed by atoms with Crippen LogP contribution < -0.4 is 11.3 Å². The highest BCUT2D eigenvalue weighted by Gasteiger charge is 2.35. The Morgan fingerprint density at radius 2 is 2.00 bits per heavy atom. The van der Waals surface area contributed by atoms with Gasteiger partial charge in [-0.2, -0.15) is 13.2 Å². The average Bonchev–Trinajstić information content (AvgIpc) is 2.03. The Kier molecular flexibility index (Phi) is 2.58. The average molecular weight is 213 g/mol. The van der Waals surface area contributed by atoms with E-state index in [0.717, 1.165) is 0 Å². The van der Waals surface area contributed by atoms with E-state index in [-0.39, 0.29) is 5.15 Å². The first-order chi connectivity index (χ1) is 5.95. The van der Waals surface area contributed by atoms with E-state index in [2.05, 4.69) is 10.2 Å². The predicted octanol–water partition coefficient (Wildman–Crippen LogP) is 1.43. The van der Waals surface area contributed by atoms with E-state index in [9.17, 15) is 13.2 Å². The van der Waals surface area contributed by atoms with Crippen molar-refractivity contribution in [3.63, 3.8) is 0 Å². The fraction of sp³-hybridized carbons (Fsp3) is 0.200. The predicted molar refractivity (Wildman–Crippen MR) is 39.9 cm³/mol. The maximum Gasteiger partial charge on any atom is 0.420 e. The topological polar surface area (TPSA) is 63.8 Å². The smallest absolute Gasteiger partial charge is 0.306 e. The molecule has 0 aliphatic heterocycles. The number of nitrogens with zero attached hydrogens (tertiary/aromatic N) is 2. The lowest BCUT2D eigenvalue weighted by Crippen LogP contribution is -2.17. The number of anilines is 1. The number of halogens is 4. The Balaban J connectivity index is 3.24. The minimum Gasteiger partial charge on any atom is -0.306 e. The van der Waals surface area contributed by atoms with Gasteiger partial charge in [-0.15, -0.1) is 10.2 Å². The second-order valence-corrected chi connectivity index (χ2v) is 2.46. The summed E-state index contributed by atoms with van der Waals surface area (Å²) in [4.78, 5) is 0. The highest BCUT2D eigenvalue weighted by atomic mass is 35.5. The SMILES string of the molecule is NNc1nnc(Cl)cc1C(F)(F)F. The number of alkyl halides is 3. The summed E-state index contributed by atoms with van der Waals surface area (Å²) in [5, 5.41) is 5.98. The number of nitrogens with one attached hydrogen (secondary N) is 1. The largest absolute Gasteiger partial charge is 0.420 e. The van der Waals surface area contributed by atoms with Gasteiger partial charge in [0.1, 0.15) is 5.56 Å². The molecule has 1 aromatic heterocycles. The molecule has 0 aliphatic carbocycles. The van der Waals surface area contributed by atoms with Gasteiger partial charge in [-0.05, 0) is 6.07 Å². The van der Waals surface area contributed by atoms with Gasteiger partial charge in [-0.1, -0.05) is 11.6 Å². The zero-order valence-corrected chi connectivity index (χ0v) is 6.82. The van der Waals surface area contributed by atoms with Crippen LogP contribution in [0, 0.1) is 0 Å². The van der Waals surface area contributed by atoms with E-state index in [1.54, 1.807) is 5.43 Å². The van der Waals surface area contributed by atoms with Crippen molar-refractivity contribution >= 4 is 17.4 Å². The lowest BCUT2D eigenvalue weighted by molar-refractivity contribution is -0.137. The Labute approximate surface area is 75.9 Å². The van der Waals surface area contributed by atoms with Crippen LogP contribution in [0.15, 0.2) is 6.07 Å². The van der Waals surface area contributed by atoms with E-state index >= 15 is 0 Å². The third-order valence-electron chi connectivity index (χ3n) is 1.21. The summed E-state index contributed by atoms with van der Waals surface area (Å²) in [5.41, 5.74) is 0.731. The standard InChI is InChI=1S/C5H4ClF3N4/c6-3-1-2(5(7,8)9)4(11-10)13-12-3/h1H,10H2,(H,11,13). The first-order valence-electron chi connectivity index (χ1n) is 3.02. The van der Waals surface area contributed by atoms with Gasteiger partial charge in [0.15, 0.2) is 11.0 Å². The zero-order chi connectivity index (χ0) is 10.1. The highest BCUT2D eigenvalue weighted by molar-refractivity contribution is 6.29. The molecule has 72 valence electrons. The molecule has 13 heavy (non-hydrogen) atoms. The summed E-state index contributed by atoms with van der Waals surface area (Å²) >= 11 is 5.24. The fourth-order valence-electron chi connectivity index (χ4n) is 0.691. The molecule has 0 aliphatic rings. The summed E-state index contributed by atoms with van der Waals surface area (Å²) < 4.78 is 36.6. The van der Waals surface area contributed by atoms with E-state index in [1.807, 2.05) is 0 Å². The number of aromatic nitrogens is 2. The number of hydrazine groups is 1. The molecule has 0 atom stereocenters. The van der Waals surface area contributed by atoms with Crippen LogP contribution in [-0.2, 0) is 6.18 Å². The second-order valence-electron chi connectivity index (χ2n) is 2.07. The normalized spacial score (nSPS) is 11.5. The van der Waals surface area contributed by atoms with Crippen molar-refractivity contribution in [1.29, 1.82) is 0 Å². The molecular formula is C5H4ClF3N4. The Morgan fingerprint density at radius 1 is 1.38 bits per heavy atom. The van der Waals surface area contributed by atoms with Gasteiger partial charge in [0.05, 0.1) is 0 Å². The van der Waals surface area contributed by atoms with Crippen molar-refractivity contribution in [2.75, 3.05) is 5.43 Å². The Hall–Kier alpha value is -1.08. The molecule has 0 amide bonds. The third kappa shape index (κ3) is 2.19. The van der Waals surface area contributed by atoms with Crippen LogP contribution in [0.2, 0.25) is 5.15 Å². The van der Waals surface area contributed by atoms with E-state index in [0.29, 0.717) is 6.07 Å². The second kappa shape index (κ2) is 3.35. The van der Waals surface area contributed by atoms with Crippen LogP contribution in [0.4, 0.5) is 19.0 Å². The van der Waals surface area contributed by atoms with Crippen molar-refractivity contribution in [1.82, 2.24) is 10.2 Å². The molecule has 0 radical (unpaired) electrons. The molecule has 0 saturated heterocycles. The Morgan fingerprint density at radius 3 is 2.46 bits per heavy atom. The Bertz CT molecular complexity index is 313. The molecule has 0 fully saturated rings. The summed E-state index contributed by atoms with van der Waals surface area (Å²) in [7, 11) is 0. The number of nitrogens with two attached hydrogens (primary N) is 1. The van der Waals surface area contributed by atoms with Crippen molar-refractivity contribution < 1.29 is 13.2 Å². The maximum absolute atomic E-state index is 12.2. The molecule has 0 saturated carbocycles. The molecule has 0 aromatic carbocycles. The van der Waals surface area contributed by atoms with Crippen molar-refractivity contribution in [3.8, 4) is 0 Å². The van der Waals surface area contributed by atoms with Gasteiger partial charge in [0, 0.05) is 0 Å². The van der Waals surface area contributed by atoms with Crippen LogP contribution in [0.1, 0.15) is 5.56 Å². The van der Waals surface area contributed by atoms with E-state index in [4.69, 9.17) is 17.4 Å². The van der Waals surface area contributed by atoms with E-state index < -0.39 is 17.6 Å². The number of hydrogen-bond acceptors (Lipinski definition) is 4. The van der Waals surface area contributed by atoms with Crippen molar-refractivity contribution in [2.24, 2.45) is 5.84 Å². The lowest BCUT2D eigenvalue weighted by Gasteiger charge is -2.09. The van der Waals surface area contributed by atoms with Gasteiger partial charge < -0.3 is 5.43 Å². The molecule has 3 N–H and O–H groups in total. The summed E-state index contributed by atoms with van der Waals surface area (Å²) in [6, 6.07) is 0.643. The minimum atomic E-state index is -4.55. The van der Waals surface area contributed by atoms with Gasteiger partial charge >= 0.3 is 6.18 Å². The van der Waals surface area contributed by atoms with Crippen LogP contribution in [0.5, 0.6) is 0 Å². The maximum atomic E-state index is 12.2. The van der Waals surface area contributed by atoms with Gasteiger partial charge in [0.2, 0.25) is 0 Å². The van der Waals surface area contributed by atoms with Crippen LogP contribution in [0.3, 0.4) is 0 Å². The molecular weight excluding hydrogens is 209 g/mol. The number of nitrogen functional groups attached to an aromatic ring is 1. The molecule has 1 heterocycles. The van der Waals surface area contributed by atoms with Gasteiger partial charge in [-0.3, -0.25) is 0 Å². The van der Waals surface area contributed by atoms with Gasteiger partial charge in [0.25, 0.3) is 0 Å². The quantitative estimate of drug-likeness (QED) is 0.546. The molecule has 0 unspecified atom stereocenters. The highest BCUT2D eigenvalue weighted by Crippen LogP contribution is 2.33.